The van der Waals surface area contributed by atoms with E-state index >= 15 is 0 Å². The second kappa shape index (κ2) is 9.87. The zero-order valence-electron chi connectivity index (χ0n) is 20.5. The molecule has 9 nitrogen and oxygen atoms in total. The van der Waals surface area contributed by atoms with Crippen LogP contribution in [0.4, 0.5) is 10.1 Å². The van der Waals surface area contributed by atoms with Gasteiger partial charge in [-0.25, -0.2) is 4.39 Å². The van der Waals surface area contributed by atoms with E-state index in [0.29, 0.717) is 92.8 Å². The minimum absolute atomic E-state index is 0.0765. The SMILES string of the molecule is Cc1[nH]c(C=C2C(=O)Nc3ccc(F)cc32)c(C)c1C(=O)N1CCN(CC(=O)N2CCOCC2)CC1. The van der Waals surface area contributed by atoms with Gasteiger partial charge in [-0.1, -0.05) is 0 Å². The standard InChI is InChI=1S/C26H30FN5O4/c1-16-22(14-20-19-13-18(27)3-4-21(19)29-25(20)34)28-17(2)24(16)26(35)32-7-5-30(6-8-32)15-23(33)31-9-11-36-12-10-31/h3-4,13-14,28H,5-12,15H2,1-2H3,(H,29,34). The number of ether oxygens (including phenoxy) is 1. The molecular formula is C26H30FN5O4. The Morgan fingerprint density at radius 3 is 2.50 bits per heavy atom. The van der Waals surface area contributed by atoms with E-state index in [1.165, 1.54) is 12.1 Å². The van der Waals surface area contributed by atoms with Crippen molar-refractivity contribution in [1.82, 2.24) is 19.7 Å². The first-order valence-corrected chi connectivity index (χ1v) is 12.2. The third kappa shape index (κ3) is 4.66. The van der Waals surface area contributed by atoms with Gasteiger partial charge in [0.25, 0.3) is 11.8 Å². The van der Waals surface area contributed by atoms with E-state index in [1.807, 2.05) is 23.6 Å². The molecule has 1 aromatic carbocycles. The number of aryl methyl sites for hydroxylation is 1. The quantitative estimate of drug-likeness (QED) is 0.632. The summed E-state index contributed by atoms with van der Waals surface area (Å²) < 4.78 is 19.1. The fourth-order valence-corrected chi connectivity index (χ4v) is 5.06. The molecule has 0 aliphatic carbocycles. The Morgan fingerprint density at radius 2 is 1.78 bits per heavy atom. The summed E-state index contributed by atoms with van der Waals surface area (Å²) in [4.78, 5) is 47.4. The number of aromatic amines is 1. The van der Waals surface area contributed by atoms with E-state index in [-0.39, 0.29) is 17.7 Å². The van der Waals surface area contributed by atoms with E-state index in [9.17, 15) is 18.8 Å². The van der Waals surface area contributed by atoms with Gasteiger partial charge in [-0.05, 0) is 43.7 Å². The Labute approximate surface area is 208 Å². The Bertz CT molecular complexity index is 1240. The zero-order valence-corrected chi connectivity index (χ0v) is 20.5. The number of carbonyl (C=O) groups is 3. The smallest absolute Gasteiger partial charge is 0.256 e. The van der Waals surface area contributed by atoms with Gasteiger partial charge in [0, 0.05) is 61.9 Å². The van der Waals surface area contributed by atoms with Gasteiger partial charge in [0.1, 0.15) is 5.82 Å². The Balaban J connectivity index is 1.27. The summed E-state index contributed by atoms with van der Waals surface area (Å²) in [6.07, 6.45) is 1.68. The lowest BCUT2D eigenvalue weighted by Crippen LogP contribution is -2.52. The summed E-state index contributed by atoms with van der Waals surface area (Å²) >= 11 is 0. The fourth-order valence-electron chi connectivity index (χ4n) is 5.06. The van der Waals surface area contributed by atoms with Crippen molar-refractivity contribution in [2.75, 3.05) is 64.3 Å². The van der Waals surface area contributed by atoms with Crippen LogP contribution in [0.2, 0.25) is 0 Å². The van der Waals surface area contributed by atoms with Crippen LogP contribution >= 0.6 is 0 Å². The Kier molecular flexibility index (Phi) is 6.63. The lowest BCUT2D eigenvalue weighted by molar-refractivity contribution is -0.136. The number of hydrogen-bond donors (Lipinski definition) is 2. The molecule has 36 heavy (non-hydrogen) atoms. The number of H-pyrrole nitrogens is 1. The summed E-state index contributed by atoms with van der Waals surface area (Å²) in [5.74, 6) is -0.701. The molecule has 3 aliphatic heterocycles. The topological polar surface area (TPSA) is 98.0 Å². The molecule has 0 saturated carbocycles. The number of amides is 3. The molecule has 2 N–H and O–H groups in total. The first kappa shape index (κ1) is 24.2. The van der Waals surface area contributed by atoms with Gasteiger partial charge in [0.15, 0.2) is 0 Å². The molecule has 0 bridgehead atoms. The minimum atomic E-state index is -0.419. The fraction of sp³-hybridized carbons (Fsp3) is 0.423. The average Bonchev–Trinajstić information content (AvgIpc) is 3.33. The second-order valence-corrected chi connectivity index (χ2v) is 9.43. The minimum Gasteiger partial charge on any atom is -0.378 e. The largest absolute Gasteiger partial charge is 0.378 e. The van der Waals surface area contributed by atoms with Crippen molar-refractivity contribution in [1.29, 1.82) is 0 Å². The molecule has 2 fully saturated rings. The molecule has 0 unspecified atom stereocenters. The molecule has 3 amide bonds. The molecular weight excluding hydrogens is 465 g/mol. The zero-order chi connectivity index (χ0) is 25.4. The molecule has 1 aromatic heterocycles. The summed E-state index contributed by atoms with van der Waals surface area (Å²) in [7, 11) is 0. The van der Waals surface area contributed by atoms with Crippen molar-refractivity contribution in [3.8, 4) is 0 Å². The van der Waals surface area contributed by atoms with Crippen molar-refractivity contribution in [3.05, 3.63) is 52.1 Å². The molecule has 0 atom stereocenters. The highest BCUT2D eigenvalue weighted by atomic mass is 19.1. The van der Waals surface area contributed by atoms with Crippen LogP contribution in [0.3, 0.4) is 0 Å². The van der Waals surface area contributed by atoms with Crippen molar-refractivity contribution in [3.63, 3.8) is 0 Å². The van der Waals surface area contributed by atoms with Gasteiger partial charge < -0.3 is 24.8 Å². The van der Waals surface area contributed by atoms with Crippen LogP contribution in [0, 0.1) is 19.7 Å². The number of halogens is 1. The highest BCUT2D eigenvalue weighted by molar-refractivity contribution is 6.34. The second-order valence-electron chi connectivity index (χ2n) is 9.43. The summed E-state index contributed by atoms with van der Waals surface area (Å²) in [6.45, 7) is 8.77. The molecule has 10 heteroatoms. The Morgan fingerprint density at radius 1 is 1.06 bits per heavy atom. The van der Waals surface area contributed by atoms with Gasteiger partial charge in [0.2, 0.25) is 5.91 Å². The number of rotatable bonds is 4. The van der Waals surface area contributed by atoms with Crippen LogP contribution in [0.1, 0.15) is 32.9 Å². The van der Waals surface area contributed by atoms with Crippen LogP contribution in [0.25, 0.3) is 11.6 Å². The van der Waals surface area contributed by atoms with Crippen LogP contribution in [0.5, 0.6) is 0 Å². The Hall–Kier alpha value is -3.50. The maximum Gasteiger partial charge on any atom is 0.256 e. The normalized spacial score (nSPS) is 19.5. The van der Waals surface area contributed by atoms with E-state index in [0.717, 1.165) is 5.56 Å². The lowest BCUT2D eigenvalue weighted by atomic mass is 10.0. The number of carbonyl (C=O) groups excluding carboxylic acids is 3. The molecule has 190 valence electrons. The number of aromatic nitrogens is 1. The van der Waals surface area contributed by atoms with E-state index in [2.05, 4.69) is 15.2 Å². The van der Waals surface area contributed by atoms with E-state index in [4.69, 9.17) is 4.74 Å². The maximum absolute atomic E-state index is 13.8. The van der Waals surface area contributed by atoms with E-state index in [1.54, 1.807) is 12.1 Å². The van der Waals surface area contributed by atoms with Crippen LogP contribution in [-0.2, 0) is 14.3 Å². The number of morpholine rings is 1. The molecule has 2 aromatic rings. The molecule has 2 saturated heterocycles. The van der Waals surface area contributed by atoms with Crippen LogP contribution in [0.15, 0.2) is 18.2 Å². The number of piperazine rings is 1. The highest BCUT2D eigenvalue weighted by Gasteiger charge is 2.29. The number of nitrogens with one attached hydrogen (secondary N) is 2. The number of anilines is 1. The van der Waals surface area contributed by atoms with Crippen molar-refractivity contribution >= 4 is 35.1 Å². The van der Waals surface area contributed by atoms with Gasteiger partial charge in [-0.3, -0.25) is 19.3 Å². The van der Waals surface area contributed by atoms with Crippen molar-refractivity contribution in [2.45, 2.75) is 13.8 Å². The van der Waals surface area contributed by atoms with Crippen LogP contribution in [-0.4, -0.2) is 96.4 Å². The molecule has 4 heterocycles. The molecule has 5 rings (SSSR count). The first-order chi connectivity index (χ1) is 17.3. The van der Waals surface area contributed by atoms with Crippen molar-refractivity contribution in [2.24, 2.45) is 0 Å². The summed E-state index contributed by atoms with van der Waals surface area (Å²) in [6, 6.07) is 4.18. The summed E-state index contributed by atoms with van der Waals surface area (Å²) in [5, 5.41) is 2.75. The molecule has 3 aliphatic rings. The third-order valence-corrected chi connectivity index (χ3v) is 7.13. The highest BCUT2D eigenvalue weighted by Crippen LogP contribution is 2.34. The number of hydrogen-bond acceptors (Lipinski definition) is 5. The number of nitrogens with zero attached hydrogens (tertiary/aromatic N) is 3. The van der Waals surface area contributed by atoms with Gasteiger partial charge >= 0.3 is 0 Å². The predicted octanol–water partition coefficient (Wildman–Crippen LogP) is 1.88. The van der Waals surface area contributed by atoms with Crippen LogP contribution < -0.4 is 5.32 Å². The summed E-state index contributed by atoms with van der Waals surface area (Å²) in [5.41, 5.74) is 4.11. The van der Waals surface area contributed by atoms with Gasteiger partial charge in [0.05, 0.1) is 30.9 Å². The number of fused-ring (bicyclic) bond motifs is 1. The first-order valence-electron chi connectivity index (χ1n) is 12.2. The predicted molar refractivity (Wildman–Crippen MR) is 133 cm³/mol. The third-order valence-electron chi connectivity index (χ3n) is 7.13. The van der Waals surface area contributed by atoms with Gasteiger partial charge in [-0.2, -0.15) is 0 Å². The number of benzene rings is 1. The van der Waals surface area contributed by atoms with Gasteiger partial charge in [-0.15, -0.1) is 0 Å². The molecule has 0 spiro atoms. The van der Waals surface area contributed by atoms with Crippen molar-refractivity contribution < 1.29 is 23.5 Å². The lowest BCUT2D eigenvalue weighted by Gasteiger charge is -2.36. The van der Waals surface area contributed by atoms with E-state index < -0.39 is 5.82 Å². The average molecular weight is 496 g/mol. The molecule has 0 radical (unpaired) electrons. The maximum atomic E-state index is 13.8. The monoisotopic (exact) mass is 495 g/mol.